The number of halogens is 1. The Morgan fingerprint density at radius 3 is 2.50 bits per heavy atom. The molecular formula is C22H20BrNO4. The number of amides is 2. The third kappa shape index (κ3) is 3.49. The van der Waals surface area contributed by atoms with Crippen LogP contribution in [0.2, 0.25) is 0 Å². The molecule has 144 valence electrons. The summed E-state index contributed by atoms with van der Waals surface area (Å²) in [5.41, 5.74) is 0.728. The average molecular weight is 442 g/mol. The van der Waals surface area contributed by atoms with Crippen LogP contribution in [0.5, 0.6) is 5.75 Å². The highest BCUT2D eigenvalue weighted by molar-refractivity contribution is 9.10. The van der Waals surface area contributed by atoms with Crippen molar-refractivity contribution in [2.75, 3.05) is 4.90 Å². The number of ether oxygens (including phenoxy) is 1. The Hall–Kier alpha value is -2.47. The van der Waals surface area contributed by atoms with E-state index in [1.54, 1.807) is 48.5 Å². The fraction of sp³-hybridized carbons (Fsp3) is 0.318. The van der Waals surface area contributed by atoms with Gasteiger partial charge in [0.2, 0.25) is 11.8 Å². The van der Waals surface area contributed by atoms with E-state index in [-0.39, 0.29) is 23.7 Å². The second-order valence-electron chi connectivity index (χ2n) is 7.54. The van der Waals surface area contributed by atoms with Gasteiger partial charge in [-0.2, -0.15) is 0 Å². The largest absolute Gasteiger partial charge is 0.423 e. The number of fused-ring (bicyclic) bond motifs is 1. The third-order valence-corrected chi connectivity index (χ3v) is 6.08. The Kier molecular flexibility index (Phi) is 5.06. The first-order valence-electron chi connectivity index (χ1n) is 9.39. The average Bonchev–Trinajstić information content (AvgIpc) is 2.93. The highest BCUT2D eigenvalue weighted by Gasteiger charge is 2.50. The number of rotatable bonds is 3. The van der Waals surface area contributed by atoms with Crippen LogP contribution in [-0.2, 0) is 9.59 Å². The summed E-state index contributed by atoms with van der Waals surface area (Å²) in [4.78, 5) is 39.5. The van der Waals surface area contributed by atoms with Crippen molar-refractivity contribution in [2.45, 2.75) is 26.2 Å². The normalized spacial score (nSPS) is 24.2. The lowest BCUT2D eigenvalue weighted by Crippen LogP contribution is -2.31. The van der Waals surface area contributed by atoms with Crippen molar-refractivity contribution in [2.24, 2.45) is 17.8 Å². The lowest BCUT2D eigenvalue weighted by atomic mass is 9.76. The van der Waals surface area contributed by atoms with Gasteiger partial charge in [-0.1, -0.05) is 28.9 Å². The molecule has 0 radical (unpaired) electrons. The van der Waals surface area contributed by atoms with E-state index in [1.165, 1.54) is 4.90 Å². The maximum absolute atomic E-state index is 12.9. The number of carbonyl (C=O) groups is 3. The number of benzene rings is 2. The van der Waals surface area contributed by atoms with E-state index in [1.807, 2.05) is 0 Å². The molecule has 1 heterocycles. The SMILES string of the molecule is CC1CCC2C(=O)N(c3cccc(C(=O)Oc4ccc(Br)cc4)c3)C(=O)C2C1. The van der Waals surface area contributed by atoms with Crippen molar-refractivity contribution < 1.29 is 19.1 Å². The maximum Gasteiger partial charge on any atom is 0.343 e. The molecule has 4 rings (SSSR count). The summed E-state index contributed by atoms with van der Waals surface area (Å²) in [6.07, 6.45) is 2.46. The maximum atomic E-state index is 12.9. The fourth-order valence-electron chi connectivity index (χ4n) is 4.08. The fourth-order valence-corrected chi connectivity index (χ4v) is 4.35. The lowest BCUT2D eigenvalue weighted by Gasteiger charge is -2.25. The van der Waals surface area contributed by atoms with Crippen LogP contribution >= 0.6 is 15.9 Å². The topological polar surface area (TPSA) is 63.7 Å². The second-order valence-corrected chi connectivity index (χ2v) is 8.45. The van der Waals surface area contributed by atoms with Gasteiger partial charge in [-0.15, -0.1) is 0 Å². The van der Waals surface area contributed by atoms with Gasteiger partial charge in [0.25, 0.3) is 0 Å². The third-order valence-electron chi connectivity index (χ3n) is 5.55. The van der Waals surface area contributed by atoms with Crippen LogP contribution < -0.4 is 9.64 Å². The smallest absolute Gasteiger partial charge is 0.343 e. The molecule has 1 aliphatic carbocycles. The van der Waals surface area contributed by atoms with E-state index in [0.29, 0.717) is 22.9 Å². The molecule has 2 aromatic carbocycles. The number of hydrogen-bond acceptors (Lipinski definition) is 4. The molecule has 0 N–H and O–H groups in total. The molecule has 28 heavy (non-hydrogen) atoms. The molecule has 2 fully saturated rings. The molecular weight excluding hydrogens is 422 g/mol. The molecule has 0 spiro atoms. The molecule has 3 atom stereocenters. The number of imide groups is 1. The van der Waals surface area contributed by atoms with E-state index >= 15 is 0 Å². The van der Waals surface area contributed by atoms with Crippen molar-refractivity contribution in [1.29, 1.82) is 0 Å². The van der Waals surface area contributed by atoms with E-state index in [4.69, 9.17) is 4.74 Å². The van der Waals surface area contributed by atoms with Crippen molar-refractivity contribution in [3.63, 3.8) is 0 Å². The molecule has 0 aromatic heterocycles. The number of esters is 1. The summed E-state index contributed by atoms with van der Waals surface area (Å²) in [7, 11) is 0. The van der Waals surface area contributed by atoms with Gasteiger partial charge in [0, 0.05) is 4.47 Å². The van der Waals surface area contributed by atoms with Gasteiger partial charge in [0.1, 0.15) is 5.75 Å². The van der Waals surface area contributed by atoms with Gasteiger partial charge >= 0.3 is 5.97 Å². The lowest BCUT2D eigenvalue weighted by molar-refractivity contribution is -0.122. The summed E-state index contributed by atoms with van der Waals surface area (Å²) in [5, 5.41) is 0. The Bertz CT molecular complexity index is 940. The molecule has 1 aliphatic heterocycles. The zero-order valence-electron chi connectivity index (χ0n) is 15.4. The van der Waals surface area contributed by atoms with Gasteiger partial charge in [0.05, 0.1) is 23.1 Å². The van der Waals surface area contributed by atoms with Gasteiger partial charge in [0.15, 0.2) is 0 Å². The Labute approximate surface area is 171 Å². The predicted octanol–water partition coefficient (Wildman–Crippen LogP) is 4.59. The van der Waals surface area contributed by atoms with Crippen LogP contribution in [0.15, 0.2) is 53.0 Å². The minimum atomic E-state index is -0.533. The first-order chi connectivity index (χ1) is 13.4. The summed E-state index contributed by atoms with van der Waals surface area (Å²) in [6.45, 7) is 2.12. The van der Waals surface area contributed by atoms with Crippen LogP contribution in [0.25, 0.3) is 0 Å². The van der Waals surface area contributed by atoms with Crippen LogP contribution in [0.3, 0.4) is 0 Å². The summed E-state index contributed by atoms with van der Waals surface area (Å²) in [6, 6.07) is 13.5. The molecule has 0 bridgehead atoms. The second kappa shape index (κ2) is 7.51. The van der Waals surface area contributed by atoms with Crippen molar-refractivity contribution >= 4 is 39.4 Å². The zero-order valence-corrected chi connectivity index (χ0v) is 17.0. The van der Waals surface area contributed by atoms with Gasteiger partial charge in [-0.25, -0.2) is 4.79 Å². The van der Waals surface area contributed by atoms with E-state index in [0.717, 1.165) is 23.7 Å². The van der Waals surface area contributed by atoms with Crippen molar-refractivity contribution in [3.05, 3.63) is 58.6 Å². The summed E-state index contributed by atoms with van der Waals surface area (Å²) in [5.74, 6) is -0.441. The number of hydrogen-bond donors (Lipinski definition) is 0. The van der Waals surface area contributed by atoms with Gasteiger partial charge in [-0.05, 0) is 67.6 Å². The van der Waals surface area contributed by atoms with E-state index in [9.17, 15) is 14.4 Å². The molecule has 3 unspecified atom stereocenters. The standard InChI is InChI=1S/C22H20BrNO4/c1-13-5-10-18-19(11-13)21(26)24(20(18)25)16-4-2-3-14(12-16)22(27)28-17-8-6-15(23)7-9-17/h2-4,6-9,12-13,18-19H,5,10-11H2,1H3. The number of anilines is 1. The molecule has 1 saturated heterocycles. The number of nitrogens with zero attached hydrogens (tertiary/aromatic N) is 1. The highest BCUT2D eigenvalue weighted by Crippen LogP contribution is 2.42. The first-order valence-corrected chi connectivity index (χ1v) is 10.2. The molecule has 2 aromatic rings. The molecule has 6 heteroatoms. The molecule has 2 amide bonds. The van der Waals surface area contributed by atoms with Crippen molar-refractivity contribution in [1.82, 2.24) is 0 Å². The van der Waals surface area contributed by atoms with Gasteiger partial charge in [-0.3, -0.25) is 14.5 Å². The zero-order chi connectivity index (χ0) is 19.8. The molecule has 5 nitrogen and oxygen atoms in total. The Balaban J connectivity index is 1.56. The summed E-state index contributed by atoms with van der Waals surface area (Å²) < 4.78 is 6.27. The quantitative estimate of drug-likeness (QED) is 0.396. The van der Waals surface area contributed by atoms with E-state index < -0.39 is 5.97 Å². The van der Waals surface area contributed by atoms with E-state index in [2.05, 4.69) is 22.9 Å². The Morgan fingerprint density at radius 2 is 1.75 bits per heavy atom. The first kappa shape index (κ1) is 18.9. The van der Waals surface area contributed by atoms with Gasteiger partial charge < -0.3 is 4.74 Å². The predicted molar refractivity (Wildman–Crippen MR) is 108 cm³/mol. The number of carbonyl (C=O) groups excluding carboxylic acids is 3. The van der Waals surface area contributed by atoms with Crippen LogP contribution in [0.1, 0.15) is 36.5 Å². The molecule has 1 saturated carbocycles. The van der Waals surface area contributed by atoms with Crippen LogP contribution in [-0.4, -0.2) is 17.8 Å². The minimum absolute atomic E-state index is 0.152. The monoisotopic (exact) mass is 441 g/mol. The minimum Gasteiger partial charge on any atom is -0.423 e. The van der Waals surface area contributed by atoms with Crippen molar-refractivity contribution in [3.8, 4) is 5.75 Å². The highest BCUT2D eigenvalue weighted by atomic mass is 79.9. The Morgan fingerprint density at radius 1 is 1.04 bits per heavy atom. The van der Waals surface area contributed by atoms with Crippen LogP contribution in [0.4, 0.5) is 5.69 Å². The summed E-state index contributed by atoms with van der Waals surface area (Å²) >= 11 is 3.33. The molecule has 2 aliphatic rings. The van der Waals surface area contributed by atoms with Crippen LogP contribution in [0, 0.1) is 17.8 Å².